The van der Waals surface area contributed by atoms with Gasteiger partial charge in [-0.15, -0.1) is 0 Å². The molecule has 1 aliphatic heterocycles. The molecule has 9 nitrogen and oxygen atoms in total. The van der Waals surface area contributed by atoms with Crippen molar-refractivity contribution in [3.63, 3.8) is 0 Å². The Hall–Kier alpha value is -3.33. The highest BCUT2D eigenvalue weighted by molar-refractivity contribution is 6.44. The standard InChI is InChI=1S/C18H20N6O3/c1-11-15(12(2)24(23-11)13-6-4-3-5-7-13)10-19-21-18(27)16-14(8-9-25)17(26)22-20-16/h3-7,10,14,25H,8-9H2,1-2H3,(H,21,27)(H,22,26). The average molecular weight is 368 g/mol. The lowest BCUT2D eigenvalue weighted by molar-refractivity contribution is -0.123. The number of hydrogen-bond donors (Lipinski definition) is 3. The maximum atomic E-state index is 12.2. The molecule has 0 fully saturated rings. The molecule has 2 amide bonds. The van der Waals surface area contributed by atoms with Crippen molar-refractivity contribution in [1.82, 2.24) is 20.6 Å². The van der Waals surface area contributed by atoms with Gasteiger partial charge in [0.15, 0.2) is 0 Å². The van der Waals surface area contributed by atoms with E-state index >= 15 is 0 Å². The molecule has 0 saturated heterocycles. The zero-order chi connectivity index (χ0) is 19.4. The van der Waals surface area contributed by atoms with Crippen LogP contribution in [0.1, 0.15) is 23.4 Å². The fraction of sp³-hybridized carbons (Fsp3) is 0.278. The van der Waals surface area contributed by atoms with Crippen LogP contribution in [-0.2, 0) is 9.59 Å². The number of benzene rings is 1. The minimum Gasteiger partial charge on any atom is -0.396 e. The molecular formula is C18H20N6O3. The fourth-order valence-electron chi connectivity index (χ4n) is 2.88. The van der Waals surface area contributed by atoms with Crippen molar-refractivity contribution in [2.24, 2.45) is 16.1 Å². The molecule has 140 valence electrons. The van der Waals surface area contributed by atoms with Crippen LogP contribution in [0.3, 0.4) is 0 Å². The van der Waals surface area contributed by atoms with E-state index in [9.17, 15) is 9.59 Å². The number of aryl methyl sites for hydroxylation is 1. The van der Waals surface area contributed by atoms with Gasteiger partial charge >= 0.3 is 0 Å². The molecule has 1 atom stereocenters. The molecular weight excluding hydrogens is 348 g/mol. The molecule has 2 heterocycles. The Morgan fingerprint density at radius 1 is 1.37 bits per heavy atom. The van der Waals surface area contributed by atoms with E-state index in [0.29, 0.717) is 0 Å². The van der Waals surface area contributed by atoms with E-state index in [2.05, 4.69) is 26.2 Å². The smallest absolute Gasteiger partial charge is 0.288 e. The summed E-state index contributed by atoms with van der Waals surface area (Å²) < 4.78 is 1.80. The van der Waals surface area contributed by atoms with Gasteiger partial charge in [-0.05, 0) is 32.4 Å². The van der Waals surface area contributed by atoms with E-state index in [-0.39, 0.29) is 18.7 Å². The topological polar surface area (TPSA) is 121 Å². The first-order valence-corrected chi connectivity index (χ1v) is 8.46. The number of amides is 2. The van der Waals surface area contributed by atoms with Gasteiger partial charge in [0.05, 0.1) is 29.2 Å². The zero-order valence-corrected chi connectivity index (χ0v) is 15.0. The second-order valence-electron chi connectivity index (χ2n) is 6.07. The fourth-order valence-corrected chi connectivity index (χ4v) is 2.88. The number of aromatic nitrogens is 2. The molecule has 0 saturated carbocycles. The molecule has 27 heavy (non-hydrogen) atoms. The number of rotatable bonds is 6. The lowest BCUT2D eigenvalue weighted by Crippen LogP contribution is -2.34. The predicted molar refractivity (Wildman–Crippen MR) is 99.5 cm³/mol. The Bertz CT molecular complexity index is 917. The van der Waals surface area contributed by atoms with E-state index in [1.807, 2.05) is 44.2 Å². The molecule has 0 aliphatic carbocycles. The Morgan fingerprint density at radius 2 is 2.11 bits per heavy atom. The number of aliphatic hydroxyl groups is 1. The molecule has 1 aliphatic rings. The van der Waals surface area contributed by atoms with Gasteiger partial charge < -0.3 is 5.11 Å². The van der Waals surface area contributed by atoms with Crippen LogP contribution in [0.25, 0.3) is 5.69 Å². The van der Waals surface area contributed by atoms with E-state index < -0.39 is 17.7 Å². The van der Waals surface area contributed by atoms with E-state index in [4.69, 9.17) is 5.11 Å². The molecule has 1 aromatic heterocycles. The second-order valence-corrected chi connectivity index (χ2v) is 6.07. The van der Waals surface area contributed by atoms with Crippen molar-refractivity contribution < 1.29 is 14.7 Å². The maximum absolute atomic E-state index is 12.2. The quantitative estimate of drug-likeness (QED) is 0.505. The summed E-state index contributed by atoms with van der Waals surface area (Å²) in [6.45, 7) is 3.55. The van der Waals surface area contributed by atoms with Crippen molar-refractivity contribution in [3.8, 4) is 5.69 Å². The SMILES string of the molecule is Cc1nn(-c2ccccc2)c(C)c1C=NNC(=O)C1=NNC(=O)C1CCO. The van der Waals surface area contributed by atoms with Crippen molar-refractivity contribution in [3.05, 3.63) is 47.3 Å². The first kappa shape index (κ1) is 18.5. The Morgan fingerprint density at radius 3 is 2.81 bits per heavy atom. The lowest BCUT2D eigenvalue weighted by Gasteiger charge is -2.06. The number of carbonyl (C=O) groups excluding carboxylic acids is 2. The minimum atomic E-state index is -0.769. The minimum absolute atomic E-state index is 0.0135. The van der Waals surface area contributed by atoms with Gasteiger partial charge in [0.2, 0.25) is 5.91 Å². The maximum Gasteiger partial charge on any atom is 0.288 e. The van der Waals surface area contributed by atoms with Gasteiger partial charge in [-0.2, -0.15) is 15.3 Å². The number of nitrogens with one attached hydrogen (secondary N) is 2. The summed E-state index contributed by atoms with van der Waals surface area (Å²) in [7, 11) is 0. The number of hydrogen-bond acceptors (Lipinski definition) is 6. The van der Waals surface area contributed by atoms with Crippen LogP contribution < -0.4 is 10.9 Å². The summed E-state index contributed by atoms with van der Waals surface area (Å²) in [4.78, 5) is 23.8. The van der Waals surface area contributed by atoms with Gasteiger partial charge in [-0.3, -0.25) is 9.59 Å². The van der Waals surface area contributed by atoms with E-state index in [0.717, 1.165) is 22.6 Å². The van der Waals surface area contributed by atoms with Crippen LogP contribution in [0.4, 0.5) is 0 Å². The molecule has 9 heteroatoms. The van der Waals surface area contributed by atoms with Gasteiger partial charge in [0.25, 0.3) is 5.91 Å². The van der Waals surface area contributed by atoms with Crippen molar-refractivity contribution in [1.29, 1.82) is 0 Å². The molecule has 0 spiro atoms. The molecule has 2 aromatic rings. The third kappa shape index (κ3) is 3.77. The average Bonchev–Trinajstić information content (AvgIpc) is 3.17. The first-order chi connectivity index (χ1) is 13.0. The summed E-state index contributed by atoms with van der Waals surface area (Å²) in [5, 5.41) is 21.2. The number of aliphatic hydroxyl groups excluding tert-OH is 1. The molecule has 1 aromatic carbocycles. The van der Waals surface area contributed by atoms with Gasteiger partial charge in [-0.25, -0.2) is 15.5 Å². The Labute approximate surface area is 155 Å². The number of para-hydroxylation sites is 1. The van der Waals surface area contributed by atoms with Gasteiger partial charge in [0.1, 0.15) is 5.71 Å². The summed E-state index contributed by atoms with van der Waals surface area (Å²) in [5.41, 5.74) is 7.99. The summed E-state index contributed by atoms with van der Waals surface area (Å²) in [6.07, 6.45) is 1.64. The second kappa shape index (κ2) is 7.92. The van der Waals surface area contributed by atoms with Crippen LogP contribution in [0.2, 0.25) is 0 Å². The molecule has 3 rings (SSSR count). The van der Waals surface area contributed by atoms with Crippen LogP contribution in [0, 0.1) is 19.8 Å². The van der Waals surface area contributed by atoms with Gasteiger partial charge in [0, 0.05) is 12.2 Å². The van der Waals surface area contributed by atoms with Crippen LogP contribution in [0.5, 0.6) is 0 Å². The highest BCUT2D eigenvalue weighted by Crippen LogP contribution is 2.16. The Kier molecular flexibility index (Phi) is 5.41. The Balaban J connectivity index is 1.73. The largest absolute Gasteiger partial charge is 0.396 e. The monoisotopic (exact) mass is 368 g/mol. The summed E-state index contributed by atoms with van der Waals surface area (Å²) in [6, 6.07) is 9.69. The molecule has 0 bridgehead atoms. The van der Waals surface area contributed by atoms with Crippen LogP contribution in [-0.4, -0.2) is 45.2 Å². The highest BCUT2D eigenvalue weighted by atomic mass is 16.3. The van der Waals surface area contributed by atoms with Crippen LogP contribution in [0.15, 0.2) is 40.5 Å². The third-order valence-electron chi connectivity index (χ3n) is 4.29. The summed E-state index contributed by atoms with van der Waals surface area (Å²) >= 11 is 0. The van der Waals surface area contributed by atoms with Gasteiger partial charge in [-0.1, -0.05) is 18.2 Å². The van der Waals surface area contributed by atoms with E-state index in [1.54, 1.807) is 4.68 Å². The predicted octanol–water partition coefficient (Wildman–Crippen LogP) is 0.424. The lowest BCUT2D eigenvalue weighted by atomic mass is 10.00. The summed E-state index contributed by atoms with van der Waals surface area (Å²) in [5.74, 6) is -1.77. The molecule has 1 unspecified atom stereocenters. The zero-order valence-electron chi connectivity index (χ0n) is 15.0. The third-order valence-corrected chi connectivity index (χ3v) is 4.29. The van der Waals surface area contributed by atoms with Crippen molar-refractivity contribution >= 4 is 23.7 Å². The number of nitrogens with zero attached hydrogens (tertiary/aromatic N) is 4. The van der Waals surface area contributed by atoms with Crippen molar-refractivity contribution in [2.75, 3.05) is 6.61 Å². The first-order valence-electron chi connectivity index (χ1n) is 8.46. The highest BCUT2D eigenvalue weighted by Gasteiger charge is 2.33. The number of carbonyl (C=O) groups is 2. The van der Waals surface area contributed by atoms with Crippen molar-refractivity contribution in [2.45, 2.75) is 20.3 Å². The normalized spacial score (nSPS) is 16.5. The van der Waals surface area contributed by atoms with Crippen LogP contribution >= 0.6 is 0 Å². The molecule has 3 N–H and O–H groups in total. The number of hydrazone groups is 2. The van der Waals surface area contributed by atoms with E-state index in [1.165, 1.54) is 6.21 Å². The molecule has 0 radical (unpaired) electrons.